The van der Waals surface area contributed by atoms with Gasteiger partial charge in [-0.1, -0.05) is 48.5 Å². The summed E-state index contributed by atoms with van der Waals surface area (Å²) in [4.78, 5) is 0. The predicted octanol–water partition coefficient (Wildman–Crippen LogP) is 3.19. The van der Waals surface area contributed by atoms with E-state index in [0.29, 0.717) is 0 Å². The maximum absolute atomic E-state index is 4.70. The van der Waals surface area contributed by atoms with Crippen LogP contribution in [0.25, 0.3) is 0 Å². The van der Waals surface area contributed by atoms with Gasteiger partial charge in [0.05, 0.1) is 12.3 Å². The Kier molecular flexibility index (Phi) is 2.63. The number of benzene rings is 2. The standard InChI is InChI=1S/C16H16N2/c1-12-7-6-10-14-11-18(2)17-16(15(12)14)13-8-4-3-5-9-13/h3-10H,11H2,1-2H3. The molecule has 0 saturated carbocycles. The van der Waals surface area contributed by atoms with Crippen LogP contribution in [-0.2, 0) is 6.54 Å². The van der Waals surface area contributed by atoms with Crippen LogP contribution in [0.1, 0.15) is 22.3 Å². The molecule has 18 heavy (non-hydrogen) atoms. The largest absolute Gasteiger partial charge is 0.295 e. The second-order valence-corrected chi connectivity index (χ2v) is 4.74. The van der Waals surface area contributed by atoms with Gasteiger partial charge in [0.1, 0.15) is 0 Å². The molecule has 1 aliphatic rings. The van der Waals surface area contributed by atoms with Crippen molar-refractivity contribution in [3.8, 4) is 0 Å². The van der Waals surface area contributed by atoms with Crippen molar-refractivity contribution in [1.29, 1.82) is 0 Å². The minimum atomic E-state index is 0.882. The van der Waals surface area contributed by atoms with Crippen molar-refractivity contribution in [3.05, 3.63) is 70.8 Å². The summed E-state index contributed by atoms with van der Waals surface area (Å²) in [6.45, 7) is 3.04. The summed E-state index contributed by atoms with van der Waals surface area (Å²) in [7, 11) is 2.02. The Hall–Kier alpha value is -2.09. The molecule has 2 heteroatoms. The molecular weight excluding hydrogens is 220 g/mol. The first-order valence-electron chi connectivity index (χ1n) is 6.20. The molecule has 0 saturated heterocycles. The molecule has 0 N–H and O–H groups in total. The van der Waals surface area contributed by atoms with E-state index in [1.54, 1.807) is 0 Å². The van der Waals surface area contributed by atoms with Gasteiger partial charge in [0.25, 0.3) is 0 Å². The van der Waals surface area contributed by atoms with Gasteiger partial charge in [0.15, 0.2) is 0 Å². The fourth-order valence-electron chi connectivity index (χ4n) is 2.50. The summed E-state index contributed by atoms with van der Waals surface area (Å²) in [6.07, 6.45) is 0. The van der Waals surface area contributed by atoms with Crippen LogP contribution in [0, 0.1) is 6.92 Å². The normalized spacial score (nSPS) is 14.1. The molecule has 0 aliphatic carbocycles. The van der Waals surface area contributed by atoms with Gasteiger partial charge in [-0.3, -0.25) is 5.01 Å². The number of fused-ring (bicyclic) bond motifs is 1. The summed E-state index contributed by atoms with van der Waals surface area (Å²) < 4.78 is 0. The molecule has 0 spiro atoms. The van der Waals surface area contributed by atoms with Crippen molar-refractivity contribution in [2.75, 3.05) is 7.05 Å². The average molecular weight is 236 g/mol. The molecule has 0 fully saturated rings. The van der Waals surface area contributed by atoms with Gasteiger partial charge < -0.3 is 0 Å². The molecule has 0 radical (unpaired) electrons. The van der Waals surface area contributed by atoms with Crippen molar-refractivity contribution >= 4 is 5.71 Å². The molecule has 2 aromatic carbocycles. The number of hydrogen-bond donors (Lipinski definition) is 0. The third-order valence-corrected chi connectivity index (χ3v) is 3.31. The Morgan fingerprint density at radius 2 is 1.78 bits per heavy atom. The van der Waals surface area contributed by atoms with Crippen LogP contribution >= 0.6 is 0 Å². The van der Waals surface area contributed by atoms with Crippen LogP contribution in [0.5, 0.6) is 0 Å². The topological polar surface area (TPSA) is 15.6 Å². The Morgan fingerprint density at radius 3 is 2.56 bits per heavy atom. The number of hydrogen-bond acceptors (Lipinski definition) is 2. The van der Waals surface area contributed by atoms with Crippen LogP contribution in [0.15, 0.2) is 53.6 Å². The molecule has 0 amide bonds. The molecule has 0 aromatic heterocycles. The van der Waals surface area contributed by atoms with E-state index in [0.717, 1.165) is 12.3 Å². The van der Waals surface area contributed by atoms with Gasteiger partial charge in [0, 0.05) is 18.2 Å². The highest BCUT2D eigenvalue weighted by atomic mass is 15.4. The van der Waals surface area contributed by atoms with E-state index in [4.69, 9.17) is 5.10 Å². The van der Waals surface area contributed by atoms with Crippen molar-refractivity contribution in [1.82, 2.24) is 5.01 Å². The van der Waals surface area contributed by atoms with Gasteiger partial charge in [0.2, 0.25) is 0 Å². The highest BCUT2D eigenvalue weighted by Gasteiger charge is 2.19. The smallest absolute Gasteiger partial charge is 0.0982 e. The van der Waals surface area contributed by atoms with E-state index in [1.807, 2.05) is 18.1 Å². The monoisotopic (exact) mass is 236 g/mol. The maximum Gasteiger partial charge on any atom is 0.0982 e. The summed E-state index contributed by atoms with van der Waals surface area (Å²) in [5.41, 5.74) is 6.20. The molecule has 0 atom stereocenters. The van der Waals surface area contributed by atoms with E-state index < -0.39 is 0 Å². The lowest BCUT2D eigenvalue weighted by Crippen LogP contribution is -2.24. The van der Waals surface area contributed by atoms with E-state index >= 15 is 0 Å². The van der Waals surface area contributed by atoms with Gasteiger partial charge in [-0.2, -0.15) is 5.10 Å². The first kappa shape index (κ1) is 11.0. The number of rotatable bonds is 1. The van der Waals surface area contributed by atoms with Crippen LogP contribution in [0.4, 0.5) is 0 Å². The molecule has 1 heterocycles. The fourth-order valence-corrected chi connectivity index (χ4v) is 2.50. The first-order valence-corrected chi connectivity index (χ1v) is 6.20. The average Bonchev–Trinajstić information content (AvgIpc) is 2.39. The zero-order valence-electron chi connectivity index (χ0n) is 10.7. The lowest BCUT2D eigenvalue weighted by Gasteiger charge is -2.25. The minimum Gasteiger partial charge on any atom is -0.295 e. The Bertz CT molecular complexity index is 600. The maximum atomic E-state index is 4.70. The van der Waals surface area contributed by atoms with Crippen molar-refractivity contribution in [3.63, 3.8) is 0 Å². The highest BCUT2D eigenvalue weighted by Crippen LogP contribution is 2.24. The van der Waals surface area contributed by atoms with E-state index in [9.17, 15) is 0 Å². The van der Waals surface area contributed by atoms with E-state index in [2.05, 4.69) is 49.4 Å². The third-order valence-electron chi connectivity index (χ3n) is 3.31. The van der Waals surface area contributed by atoms with Gasteiger partial charge in [-0.25, -0.2) is 0 Å². The number of nitrogens with zero attached hydrogens (tertiary/aromatic N) is 2. The number of hydrazone groups is 1. The summed E-state index contributed by atoms with van der Waals surface area (Å²) in [6, 6.07) is 16.9. The van der Waals surface area contributed by atoms with Gasteiger partial charge in [-0.05, 0) is 18.1 Å². The molecule has 90 valence electrons. The SMILES string of the molecule is Cc1cccc2c1C(c1ccccc1)=NN(C)C2. The van der Waals surface area contributed by atoms with Gasteiger partial charge in [-0.15, -0.1) is 0 Å². The van der Waals surface area contributed by atoms with E-state index in [1.165, 1.54) is 22.3 Å². The molecule has 0 unspecified atom stereocenters. The van der Waals surface area contributed by atoms with Crippen molar-refractivity contribution in [2.24, 2.45) is 5.10 Å². The summed E-state index contributed by atoms with van der Waals surface area (Å²) in [5.74, 6) is 0. The fraction of sp³-hybridized carbons (Fsp3) is 0.188. The first-order chi connectivity index (χ1) is 8.75. The number of aryl methyl sites for hydroxylation is 1. The zero-order chi connectivity index (χ0) is 12.5. The molecule has 2 nitrogen and oxygen atoms in total. The lowest BCUT2D eigenvalue weighted by atomic mass is 9.92. The minimum absolute atomic E-state index is 0.882. The van der Waals surface area contributed by atoms with Crippen LogP contribution in [0.2, 0.25) is 0 Å². The second kappa shape index (κ2) is 4.30. The zero-order valence-corrected chi connectivity index (χ0v) is 10.7. The van der Waals surface area contributed by atoms with Crippen LogP contribution in [0.3, 0.4) is 0 Å². The Balaban J connectivity index is 2.21. The highest BCUT2D eigenvalue weighted by molar-refractivity contribution is 6.14. The third kappa shape index (κ3) is 1.80. The summed E-state index contributed by atoms with van der Waals surface area (Å²) >= 11 is 0. The lowest BCUT2D eigenvalue weighted by molar-refractivity contribution is 0.341. The Morgan fingerprint density at radius 1 is 1.00 bits per heavy atom. The molecule has 2 aromatic rings. The Labute approximate surface area is 108 Å². The van der Waals surface area contributed by atoms with Crippen molar-refractivity contribution < 1.29 is 0 Å². The van der Waals surface area contributed by atoms with Gasteiger partial charge >= 0.3 is 0 Å². The second-order valence-electron chi connectivity index (χ2n) is 4.74. The predicted molar refractivity (Wildman–Crippen MR) is 74.7 cm³/mol. The quantitative estimate of drug-likeness (QED) is 0.742. The van der Waals surface area contributed by atoms with Crippen molar-refractivity contribution in [2.45, 2.75) is 13.5 Å². The molecule has 1 aliphatic heterocycles. The molecule has 0 bridgehead atoms. The van der Waals surface area contributed by atoms with E-state index in [-0.39, 0.29) is 0 Å². The van der Waals surface area contributed by atoms with Crippen LogP contribution < -0.4 is 0 Å². The van der Waals surface area contributed by atoms with Crippen LogP contribution in [-0.4, -0.2) is 17.8 Å². The molecular formula is C16H16N2. The molecule has 3 rings (SSSR count). The summed E-state index contributed by atoms with van der Waals surface area (Å²) in [5, 5.41) is 6.71.